The van der Waals surface area contributed by atoms with E-state index in [2.05, 4.69) is 17.3 Å². The minimum absolute atomic E-state index is 0.0738. The number of hydrogen-bond donors (Lipinski definition) is 1. The van der Waals surface area contributed by atoms with Crippen LogP contribution >= 0.6 is 0 Å². The zero-order chi connectivity index (χ0) is 18.7. The summed E-state index contributed by atoms with van der Waals surface area (Å²) in [4.78, 5) is 12.4. The maximum absolute atomic E-state index is 12.4. The first-order valence-corrected chi connectivity index (χ1v) is 10.9. The van der Waals surface area contributed by atoms with Crippen LogP contribution in [0.3, 0.4) is 0 Å². The first-order valence-electron chi connectivity index (χ1n) is 9.05. The topological polar surface area (TPSA) is 81.1 Å². The highest BCUT2D eigenvalue weighted by molar-refractivity contribution is 7.91. The van der Waals surface area contributed by atoms with E-state index < -0.39 is 9.84 Å². The summed E-state index contributed by atoms with van der Waals surface area (Å²) in [5.41, 5.74) is 3.19. The van der Waals surface area contributed by atoms with E-state index in [0.29, 0.717) is 18.7 Å². The van der Waals surface area contributed by atoms with E-state index in [1.165, 1.54) is 0 Å². The van der Waals surface area contributed by atoms with Gasteiger partial charge in [0, 0.05) is 6.54 Å². The summed E-state index contributed by atoms with van der Waals surface area (Å²) in [6.07, 6.45) is 2.45. The number of carbonyl (C=O) groups excluding carboxylic acids is 1. The molecule has 1 aromatic carbocycles. The van der Waals surface area contributed by atoms with Crippen LogP contribution in [0.5, 0.6) is 0 Å². The van der Waals surface area contributed by atoms with Crippen molar-refractivity contribution in [1.29, 1.82) is 0 Å². The van der Waals surface area contributed by atoms with Crippen LogP contribution < -0.4 is 5.32 Å². The second-order valence-corrected chi connectivity index (χ2v) is 9.12. The number of carbonyl (C=O) groups is 1. The molecule has 140 valence electrons. The van der Waals surface area contributed by atoms with Gasteiger partial charge in [-0.15, -0.1) is 0 Å². The molecule has 0 saturated carbocycles. The van der Waals surface area contributed by atoms with Gasteiger partial charge in [0.15, 0.2) is 15.5 Å². The average molecular weight is 375 g/mol. The number of nitrogens with zero attached hydrogens (tertiary/aromatic N) is 2. The Morgan fingerprint density at radius 3 is 2.65 bits per heavy atom. The first kappa shape index (κ1) is 18.6. The molecule has 0 unspecified atom stereocenters. The lowest BCUT2D eigenvalue weighted by Crippen LogP contribution is -2.25. The highest BCUT2D eigenvalue weighted by Crippen LogP contribution is 2.30. The van der Waals surface area contributed by atoms with Gasteiger partial charge in [0.25, 0.3) is 5.91 Å². The molecule has 2 aromatic rings. The SMILES string of the molecule is CCCCNC(=O)c1cc(-c2ccc(C)cc2)n([C@H]2CCS(=O)(=O)C2)n1. The normalized spacial score (nSPS) is 18.8. The molecule has 1 saturated heterocycles. The number of hydrogen-bond acceptors (Lipinski definition) is 4. The number of rotatable bonds is 6. The van der Waals surface area contributed by atoms with Crippen LogP contribution in [0.1, 0.15) is 48.3 Å². The van der Waals surface area contributed by atoms with Gasteiger partial charge in [0.05, 0.1) is 23.2 Å². The molecule has 1 aromatic heterocycles. The Morgan fingerprint density at radius 2 is 2.04 bits per heavy atom. The lowest BCUT2D eigenvalue weighted by Gasteiger charge is -2.13. The van der Waals surface area contributed by atoms with Gasteiger partial charge in [0.2, 0.25) is 0 Å². The van der Waals surface area contributed by atoms with Crippen molar-refractivity contribution >= 4 is 15.7 Å². The fourth-order valence-corrected chi connectivity index (χ4v) is 4.85. The molecule has 0 spiro atoms. The fourth-order valence-electron chi connectivity index (χ4n) is 3.16. The second kappa shape index (κ2) is 7.61. The zero-order valence-corrected chi connectivity index (χ0v) is 16.1. The van der Waals surface area contributed by atoms with Gasteiger partial charge in [-0.2, -0.15) is 5.10 Å². The molecule has 1 aliphatic rings. The Hall–Kier alpha value is -2.15. The molecule has 1 fully saturated rings. The molecule has 0 bridgehead atoms. The smallest absolute Gasteiger partial charge is 0.271 e. The van der Waals surface area contributed by atoms with E-state index in [-0.39, 0.29) is 23.5 Å². The quantitative estimate of drug-likeness (QED) is 0.787. The number of unbranched alkanes of at least 4 members (excludes halogenated alkanes) is 1. The molecule has 7 heteroatoms. The number of aromatic nitrogens is 2. The van der Waals surface area contributed by atoms with E-state index >= 15 is 0 Å². The van der Waals surface area contributed by atoms with Crippen LogP contribution in [0.25, 0.3) is 11.3 Å². The van der Waals surface area contributed by atoms with Gasteiger partial charge in [-0.25, -0.2) is 8.42 Å². The Bertz CT molecular complexity index is 885. The second-order valence-electron chi connectivity index (χ2n) is 6.89. The van der Waals surface area contributed by atoms with E-state index in [4.69, 9.17) is 0 Å². The molecule has 1 aliphatic heterocycles. The summed E-state index contributed by atoms with van der Waals surface area (Å²) >= 11 is 0. The number of benzene rings is 1. The van der Waals surface area contributed by atoms with Crippen molar-refractivity contribution in [3.8, 4) is 11.3 Å². The van der Waals surface area contributed by atoms with Crippen molar-refractivity contribution in [3.63, 3.8) is 0 Å². The highest BCUT2D eigenvalue weighted by Gasteiger charge is 2.32. The molecule has 0 radical (unpaired) electrons. The Balaban J connectivity index is 1.95. The van der Waals surface area contributed by atoms with Crippen LogP contribution in [0, 0.1) is 6.92 Å². The predicted octanol–water partition coefficient (Wildman–Crippen LogP) is 2.75. The van der Waals surface area contributed by atoms with Gasteiger partial charge >= 0.3 is 0 Å². The number of aryl methyl sites for hydroxylation is 1. The van der Waals surface area contributed by atoms with Crippen molar-refractivity contribution in [3.05, 3.63) is 41.6 Å². The number of nitrogens with one attached hydrogen (secondary N) is 1. The maximum Gasteiger partial charge on any atom is 0.271 e. The van der Waals surface area contributed by atoms with Crippen molar-refractivity contribution in [2.45, 2.75) is 39.2 Å². The molecule has 3 rings (SSSR count). The van der Waals surface area contributed by atoms with E-state index in [0.717, 1.165) is 29.7 Å². The third-order valence-electron chi connectivity index (χ3n) is 4.69. The van der Waals surface area contributed by atoms with Crippen molar-refractivity contribution in [2.75, 3.05) is 18.1 Å². The Kier molecular flexibility index (Phi) is 5.46. The molecule has 2 heterocycles. The van der Waals surface area contributed by atoms with Crippen LogP contribution in [0.15, 0.2) is 30.3 Å². The molecule has 26 heavy (non-hydrogen) atoms. The van der Waals surface area contributed by atoms with Crippen molar-refractivity contribution < 1.29 is 13.2 Å². The maximum atomic E-state index is 12.4. The van der Waals surface area contributed by atoms with Crippen LogP contribution in [-0.4, -0.2) is 42.2 Å². The summed E-state index contributed by atoms with van der Waals surface area (Å²) in [5, 5.41) is 7.35. The summed E-state index contributed by atoms with van der Waals surface area (Å²) in [5.74, 6) is 0.0271. The monoisotopic (exact) mass is 375 g/mol. The van der Waals surface area contributed by atoms with Gasteiger partial charge < -0.3 is 5.32 Å². The molecule has 1 N–H and O–H groups in total. The van der Waals surface area contributed by atoms with Crippen LogP contribution in [-0.2, 0) is 9.84 Å². The molecule has 6 nitrogen and oxygen atoms in total. The minimum Gasteiger partial charge on any atom is -0.351 e. The molecule has 1 amide bonds. The summed E-state index contributed by atoms with van der Waals surface area (Å²) < 4.78 is 25.5. The minimum atomic E-state index is -3.04. The highest BCUT2D eigenvalue weighted by atomic mass is 32.2. The van der Waals surface area contributed by atoms with Crippen LogP contribution in [0.4, 0.5) is 0 Å². The number of amides is 1. The van der Waals surface area contributed by atoms with E-state index in [1.54, 1.807) is 10.7 Å². The van der Waals surface area contributed by atoms with Gasteiger partial charge in [0.1, 0.15) is 0 Å². The van der Waals surface area contributed by atoms with E-state index in [1.807, 2.05) is 31.2 Å². The molecule has 0 aliphatic carbocycles. The third-order valence-corrected chi connectivity index (χ3v) is 6.44. The lowest BCUT2D eigenvalue weighted by molar-refractivity contribution is 0.0947. The van der Waals surface area contributed by atoms with Crippen molar-refractivity contribution in [2.24, 2.45) is 0 Å². The summed E-state index contributed by atoms with van der Waals surface area (Å²) in [6, 6.07) is 9.49. The lowest BCUT2D eigenvalue weighted by atomic mass is 10.1. The van der Waals surface area contributed by atoms with E-state index in [9.17, 15) is 13.2 Å². The molecular weight excluding hydrogens is 350 g/mol. The van der Waals surface area contributed by atoms with Gasteiger partial charge in [-0.05, 0) is 31.4 Å². The first-order chi connectivity index (χ1) is 12.4. The molecular formula is C19H25N3O3S. The number of sulfone groups is 1. The Labute approximate surface area is 154 Å². The van der Waals surface area contributed by atoms with Gasteiger partial charge in [-0.1, -0.05) is 43.2 Å². The summed E-state index contributed by atoms with van der Waals surface area (Å²) in [7, 11) is -3.04. The largest absolute Gasteiger partial charge is 0.351 e. The van der Waals surface area contributed by atoms with Gasteiger partial charge in [-0.3, -0.25) is 9.48 Å². The zero-order valence-electron chi connectivity index (χ0n) is 15.2. The third kappa shape index (κ3) is 4.15. The Morgan fingerprint density at radius 1 is 1.31 bits per heavy atom. The summed E-state index contributed by atoms with van der Waals surface area (Å²) in [6.45, 7) is 4.69. The van der Waals surface area contributed by atoms with Crippen molar-refractivity contribution in [1.82, 2.24) is 15.1 Å². The standard InChI is InChI=1S/C19H25N3O3S/c1-3-4-10-20-19(23)17-12-18(15-7-5-14(2)6-8-15)22(21-17)16-9-11-26(24,25)13-16/h5-8,12,16H,3-4,9-11,13H2,1-2H3,(H,20,23)/t16-/m0/s1. The van der Waals surface area contributed by atoms with Crippen LogP contribution in [0.2, 0.25) is 0 Å². The fraction of sp³-hybridized carbons (Fsp3) is 0.474. The molecule has 1 atom stereocenters. The predicted molar refractivity (Wildman–Crippen MR) is 102 cm³/mol. The average Bonchev–Trinajstić information content (AvgIpc) is 3.19.